The molecule has 1 heterocycles. The van der Waals surface area contributed by atoms with E-state index in [9.17, 15) is 26.4 Å². The molecule has 0 radical (unpaired) electrons. The minimum Gasteiger partial charge on any atom is -0.353 e. The first-order valence-corrected chi connectivity index (χ1v) is 9.11. The van der Waals surface area contributed by atoms with Crippen molar-refractivity contribution in [3.63, 3.8) is 0 Å². The SMILES string of the molecule is O=C(C[C@@H](c1ccccc1)C(F)(F)F)NC1CCS(=O)(=O)CC1. The number of sulfone groups is 1. The lowest BCUT2D eigenvalue weighted by molar-refractivity contribution is -0.157. The van der Waals surface area contributed by atoms with Gasteiger partial charge in [0.1, 0.15) is 9.84 Å². The monoisotopic (exact) mass is 349 g/mol. The van der Waals surface area contributed by atoms with E-state index in [-0.39, 0.29) is 36.0 Å². The molecule has 0 unspecified atom stereocenters. The molecule has 4 nitrogen and oxygen atoms in total. The Morgan fingerprint density at radius 3 is 2.26 bits per heavy atom. The van der Waals surface area contributed by atoms with Crippen LogP contribution in [-0.2, 0) is 14.6 Å². The summed E-state index contributed by atoms with van der Waals surface area (Å²) in [6.45, 7) is 0. The predicted molar refractivity (Wildman–Crippen MR) is 79.7 cm³/mol. The molecule has 0 saturated carbocycles. The molecule has 1 amide bonds. The van der Waals surface area contributed by atoms with Gasteiger partial charge < -0.3 is 5.32 Å². The Labute approximate surface area is 133 Å². The highest BCUT2D eigenvalue weighted by Crippen LogP contribution is 2.37. The van der Waals surface area contributed by atoms with Crippen LogP contribution >= 0.6 is 0 Å². The lowest BCUT2D eigenvalue weighted by Crippen LogP contribution is -2.42. The van der Waals surface area contributed by atoms with Crippen molar-refractivity contribution in [2.24, 2.45) is 0 Å². The zero-order chi connectivity index (χ0) is 17.1. The molecule has 0 bridgehead atoms. The maximum absolute atomic E-state index is 13.2. The molecule has 1 aromatic rings. The zero-order valence-electron chi connectivity index (χ0n) is 12.3. The Kier molecular flexibility index (Phi) is 5.33. The summed E-state index contributed by atoms with van der Waals surface area (Å²) in [5.41, 5.74) is 0.0429. The van der Waals surface area contributed by atoms with Crippen molar-refractivity contribution in [3.8, 4) is 0 Å². The van der Waals surface area contributed by atoms with Gasteiger partial charge in [-0.2, -0.15) is 13.2 Å². The molecule has 8 heteroatoms. The van der Waals surface area contributed by atoms with Crippen molar-refractivity contribution in [3.05, 3.63) is 35.9 Å². The highest BCUT2D eigenvalue weighted by atomic mass is 32.2. The molecular formula is C15H18F3NO3S. The van der Waals surface area contributed by atoms with Crippen LogP contribution in [0.3, 0.4) is 0 Å². The average Bonchev–Trinajstić information content (AvgIpc) is 2.47. The smallest absolute Gasteiger partial charge is 0.353 e. The van der Waals surface area contributed by atoms with Crippen LogP contribution in [0.4, 0.5) is 13.2 Å². The first kappa shape index (κ1) is 17.8. The Morgan fingerprint density at radius 2 is 1.74 bits per heavy atom. The van der Waals surface area contributed by atoms with Crippen LogP contribution in [0.2, 0.25) is 0 Å². The van der Waals surface area contributed by atoms with Gasteiger partial charge >= 0.3 is 6.18 Å². The second-order valence-electron chi connectivity index (χ2n) is 5.70. The van der Waals surface area contributed by atoms with Gasteiger partial charge in [0.15, 0.2) is 0 Å². The number of carbonyl (C=O) groups excluding carboxylic acids is 1. The standard InChI is InChI=1S/C15H18F3NO3S/c16-15(17,18)13(11-4-2-1-3-5-11)10-14(20)19-12-6-8-23(21,22)9-7-12/h1-5,12-13H,6-10H2,(H,19,20)/t13-/m0/s1. The topological polar surface area (TPSA) is 63.2 Å². The molecule has 1 aliphatic rings. The minimum absolute atomic E-state index is 0.0423. The van der Waals surface area contributed by atoms with Gasteiger partial charge in [-0.3, -0.25) is 4.79 Å². The fraction of sp³-hybridized carbons (Fsp3) is 0.533. The number of nitrogens with one attached hydrogen (secondary N) is 1. The van der Waals surface area contributed by atoms with Crippen LogP contribution < -0.4 is 5.32 Å². The summed E-state index contributed by atoms with van der Waals surface area (Å²) >= 11 is 0. The van der Waals surface area contributed by atoms with Crippen LogP contribution in [0, 0.1) is 0 Å². The van der Waals surface area contributed by atoms with E-state index in [2.05, 4.69) is 5.32 Å². The van der Waals surface area contributed by atoms with Crippen LogP contribution in [0.25, 0.3) is 0 Å². The number of alkyl halides is 3. The van der Waals surface area contributed by atoms with Crippen LogP contribution in [0.5, 0.6) is 0 Å². The van der Waals surface area contributed by atoms with Gasteiger partial charge in [0, 0.05) is 12.5 Å². The van der Waals surface area contributed by atoms with Gasteiger partial charge in [-0.05, 0) is 18.4 Å². The Hall–Kier alpha value is -1.57. The molecule has 1 saturated heterocycles. The van der Waals surface area contributed by atoms with Crippen molar-refractivity contribution in [1.29, 1.82) is 0 Å². The molecule has 1 aromatic carbocycles. The van der Waals surface area contributed by atoms with Crippen molar-refractivity contribution in [2.45, 2.75) is 37.4 Å². The molecule has 1 aliphatic heterocycles. The molecule has 1 N–H and O–H groups in total. The Bertz CT molecular complexity index is 630. The highest BCUT2D eigenvalue weighted by Gasteiger charge is 2.42. The number of amides is 1. The quantitative estimate of drug-likeness (QED) is 0.908. The highest BCUT2D eigenvalue weighted by molar-refractivity contribution is 7.91. The summed E-state index contributed by atoms with van der Waals surface area (Å²) in [5, 5.41) is 2.53. The fourth-order valence-electron chi connectivity index (χ4n) is 2.61. The van der Waals surface area contributed by atoms with Gasteiger partial charge in [0.25, 0.3) is 0 Å². The maximum atomic E-state index is 13.2. The normalized spacial score (nSPS) is 20.0. The summed E-state index contributed by atoms with van der Waals surface area (Å²) in [6, 6.07) is 6.92. The van der Waals surface area contributed by atoms with E-state index in [1.165, 1.54) is 24.3 Å². The predicted octanol–water partition coefficient (Wildman–Crippen LogP) is 2.42. The molecule has 1 fully saturated rings. The van der Waals surface area contributed by atoms with Crippen molar-refractivity contribution in [2.75, 3.05) is 11.5 Å². The number of carbonyl (C=O) groups is 1. The molecule has 128 valence electrons. The first-order valence-electron chi connectivity index (χ1n) is 7.29. The van der Waals surface area contributed by atoms with E-state index in [0.717, 1.165) is 0 Å². The summed E-state index contributed by atoms with van der Waals surface area (Å²) in [4.78, 5) is 11.9. The lowest BCUT2D eigenvalue weighted by atomic mass is 9.94. The molecule has 2 rings (SSSR count). The number of rotatable bonds is 4. The first-order chi connectivity index (χ1) is 10.7. The third-order valence-corrected chi connectivity index (χ3v) is 5.62. The average molecular weight is 349 g/mol. The van der Waals surface area contributed by atoms with Crippen molar-refractivity contribution >= 4 is 15.7 Å². The van der Waals surface area contributed by atoms with Gasteiger partial charge in [-0.15, -0.1) is 0 Å². The largest absolute Gasteiger partial charge is 0.396 e. The summed E-state index contributed by atoms with van der Waals surface area (Å²) in [5.74, 6) is -2.66. The summed E-state index contributed by atoms with van der Waals surface area (Å²) in [7, 11) is -3.07. The number of benzene rings is 1. The van der Waals surface area contributed by atoms with E-state index in [0.29, 0.717) is 0 Å². The molecule has 0 aromatic heterocycles. The second-order valence-corrected chi connectivity index (χ2v) is 8.01. The van der Waals surface area contributed by atoms with Gasteiger partial charge in [-0.1, -0.05) is 30.3 Å². The number of halogens is 3. The van der Waals surface area contributed by atoms with E-state index >= 15 is 0 Å². The number of hydrogen-bond donors (Lipinski definition) is 1. The fourth-order valence-corrected chi connectivity index (χ4v) is 4.11. The number of hydrogen-bond acceptors (Lipinski definition) is 3. The zero-order valence-corrected chi connectivity index (χ0v) is 13.2. The van der Waals surface area contributed by atoms with E-state index in [1.807, 2.05) is 0 Å². The third-order valence-electron chi connectivity index (χ3n) is 3.91. The molecule has 0 aliphatic carbocycles. The minimum atomic E-state index is -4.52. The van der Waals surface area contributed by atoms with Crippen LogP contribution in [-0.4, -0.2) is 38.0 Å². The molecule has 23 heavy (non-hydrogen) atoms. The third kappa shape index (κ3) is 5.23. The Morgan fingerprint density at radius 1 is 1.17 bits per heavy atom. The maximum Gasteiger partial charge on any atom is 0.396 e. The molecular weight excluding hydrogens is 331 g/mol. The summed E-state index contributed by atoms with van der Waals surface area (Å²) < 4.78 is 62.2. The van der Waals surface area contributed by atoms with Gasteiger partial charge in [0.2, 0.25) is 5.91 Å². The van der Waals surface area contributed by atoms with Crippen LogP contribution in [0.15, 0.2) is 30.3 Å². The molecule has 0 spiro atoms. The van der Waals surface area contributed by atoms with Crippen LogP contribution in [0.1, 0.15) is 30.7 Å². The second kappa shape index (κ2) is 6.90. The van der Waals surface area contributed by atoms with Crippen molar-refractivity contribution < 1.29 is 26.4 Å². The van der Waals surface area contributed by atoms with Gasteiger partial charge in [-0.25, -0.2) is 8.42 Å². The Balaban J connectivity index is 1.99. The van der Waals surface area contributed by atoms with E-state index < -0.39 is 34.3 Å². The summed E-state index contributed by atoms with van der Waals surface area (Å²) in [6.07, 6.45) is -4.72. The lowest BCUT2D eigenvalue weighted by Gasteiger charge is -2.25. The van der Waals surface area contributed by atoms with E-state index in [4.69, 9.17) is 0 Å². The van der Waals surface area contributed by atoms with E-state index in [1.54, 1.807) is 6.07 Å². The van der Waals surface area contributed by atoms with Gasteiger partial charge in [0.05, 0.1) is 17.4 Å². The molecule has 1 atom stereocenters. The van der Waals surface area contributed by atoms with Crippen molar-refractivity contribution in [1.82, 2.24) is 5.32 Å².